The lowest BCUT2D eigenvalue weighted by molar-refractivity contribution is -0.115. The molecule has 0 saturated carbocycles. The van der Waals surface area contributed by atoms with E-state index in [2.05, 4.69) is 20.8 Å². The fourth-order valence-corrected chi connectivity index (χ4v) is 3.83. The number of hydrogen-bond acceptors (Lipinski definition) is 7. The van der Waals surface area contributed by atoms with E-state index in [1.54, 1.807) is 31.2 Å². The van der Waals surface area contributed by atoms with Crippen LogP contribution in [0.5, 0.6) is 0 Å². The molecule has 0 unspecified atom stereocenters. The summed E-state index contributed by atoms with van der Waals surface area (Å²) in [4.78, 5) is 23.7. The normalized spacial score (nSPS) is 10.4. The third-order valence-corrected chi connectivity index (χ3v) is 5.54. The van der Waals surface area contributed by atoms with Gasteiger partial charge in [0.1, 0.15) is 0 Å². The second-order valence-corrected chi connectivity index (χ2v) is 7.76. The third-order valence-electron chi connectivity index (χ3n) is 3.57. The predicted molar refractivity (Wildman–Crippen MR) is 110 cm³/mol. The van der Waals surface area contributed by atoms with Crippen LogP contribution in [0.1, 0.15) is 23.7 Å². The smallest absolute Gasteiger partial charge is 0.224 e. The van der Waals surface area contributed by atoms with Gasteiger partial charge < -0.3 is 10.6 Å². The lowest BCUT2D eigenvalue weighted by Gasteiger charge is -2.04. The molecule has 2 aromatic carbocycles. The molecule has 0 spiro atoms. The number of thioether (sulfide) groups is 1. The molecule has 1 aromatic heterocycles. The van der Waals surface area contributed by atoms with Crippen molar-refractivity contribution in [2.75, 3.05) is 16.4 Å². The maximum Gasteiger partial charge on any atom is 0.224 e. The Morgan fingerprint density at radius 2 is 1.74 bits per heavy atom. The van der Waals surface area contributed by atoms with Crippen LogP contribution in [0.3, 0.4) is 0 Å². The van der Waals surface area contributed by atoms with Gasteiger partial charge in [0.15, 0.2) is 10.1 Å². The largest absolute Gasteiger partial charge is 0.330 e. The van der Waals surface area contributed by atoms with Gasteiger partial charge in [0.25, 0.3) is 0 Å². The Morgan fingerprint density at radius 3 is 2.44 bits per heavy atom. The highest BCUT2D eigenvalue weighted by atomic mass is 32.2. The van der Waals surface area contributed by atoms with Crippen LogP contribution < -0.4 is 10.6 Å². The van der Waals surface area contributed by atoms with E-state index in [-0.39, 0.29) is 17.4 Å². The molecule has 8 heteroatoms. The summed E-state index contributed by atoms with van der Waals surface area (Å²) in [5.41, 5.74) is 2.23. The van der Waals surface area contributed by atoms with Gasteiger partial charge in [-0.3, -0.25) is 9.59 Å². The van der Waals surface area contributed by atoms with Crippen LogP contribution in [0.2, 0.25) is 0 Å². The highest BCUT2D eigenvalue weighted by Gasteiger charge is 2.11. The number of Topliss-reactive ketones (excluding diaryl/α,β-unsaturated/α-hetero) is 1. The molecule has 0 aliphatic heterocycles. The van der Waals surface area contributed by atoms with E-state index in [0.717, 1.165) is 10.0 Å². The number of nitrogens with zero attached hydrogens (tertiary/aromatic N) is 2. The van der Waals surface area contributed by atoms with Gasteiger partial charge in [-0.2, -0.15) is 0 Å². The minimum Gasteiger partial charge on any atom is -0.330 e. The van der Waals surface area contributed by atoms with Crippen molar-refractivity contribution in [1.82, 2.24) is 10.2 Å². The number of anilines is 3. The predicted octanol–water partition coefficient (Wildman–Crippen LogP) is 4.61. The van der Waals surface area contributed by atoms with E-state index in [4.69, 9.17) is 0 Å². The molecule has 138 valence electrons. The van der Waals surface area contributed by atoms with Crippen molar-refractivity contribution in [2.24, 2.45) is 0 Å². The molecule has 0 fully saturated rings. The van der Waals surface area contributed by atoms with Crippen molar-refractivity contribution in [2.45, 2.75) is 17.7 Å². The Labute approximate surface area is 165 Å². The molecule has 0 aliphatic carbocycles. The number of hydrogen-bond donors (Lipinski definition) is 2. The van der Waals surface area contributed by atoms with E-state index >= 15 is 0 Å². The zero-order valence-electron chi connectivity index (χ0n) is 14.6. The molecular weight excluding hydrogens is 380 g/mol. The van der Waals surface area contributed by atoms with Crippen LogP contribution in [-0.2, 0) is 4.79 Å². The van der Waals surface area contributed by atoms with E-state index in [9.17, 15) is 9.59 Å². The van der Waals surface area contributed by atoms with Gasteiger partial charge in [0.05, 0.1) is 5.75 Å². The maximum absolute atomic E-state index is 12.3. The first-order chi connectivity index (χ1) is 13.1. The van der Waals surface area contributed by atoms with Crippen LogP contribution in [-0.4, -0.2) is 27.6 Å². The highest BCUT2D eigenvalue weighted by molar-refractivity contribution is 8.01. The number of nitrogens with one attached hydrogen (secondary N) is 2. The summed E-state index contributed by atoms with van der Waals surface area (Å²) in [7, 11) is 0. The molecule has 0 saturated heterocycles. The first kappa shape index (κ1) is 19.1. The Bertz CT molecular complexity index is 911. The van der Waals surface area contributed by atoms with E-state index in [1.165, 1.54) is 23.1 Å². The van der Waals surface area contributed by atoms with Crippen LogP contribution in [0.15, 0.2) is 58.9 Å². The molecule has 3 rings (SSSR count). The van der Waals surface area contributed by atoms with Crippen molar-refractivity contribution < 1.29 is 9.59 Å². The Morgan fingerprint density at radius 1 is 1.00 bits per heavy atom. The SMILES string of the molecule is CCC(=O)Nc1ccc(C(=O)CSc2nnc(Nc3ccccc3)s2)cc1. The number of benzene rings is 2. The minimum atomic E-state index is -0.0548. The van der Waals surface area contributed by atoms with Crippen molar-refractivity contribution in [3.63, 3.8) is 0 Å². The fraction of sp³-hybridized carbons (Fsp3) is 0.158. The zero-order chi connectivity index (χ0) is 19.1. The summed E-state index contributed by atoms with van der Waals surface area (Å²) >= 11 is 2.77. The van der Waals surface area contributed by atoms with E-state index in [0.29, 0.717) is 22.8 Å². The average molecular weight is 399 g/mol. The number of rotatable bonds is 8. The first-order valence-electron chi connectivity index (χ1n) is 8.35. The van der Waals surface area contributed by atoms with Crippen LogP contribution in [0.25, 0.3) is 0 Å². The molecule has 1 amide bonds. The van der Waals surface area contributed by atoms with E-state index < -0.39 is 0 Å². The quantitative estimate of drug-likeness (QED) is 0.426. The maximum atomic E-state index is 12.3. The number of para-hydroxylation sites is 1. The topological polar surface area (TPSA) is 84.0 Å². The molecule has 0 bridgehead atoms. The number of amides is 1. The zero-order valence-corrected chi connectivity index (χ0v) is 16.3. The number of carbonyl (C=O) groups excluding carboxylic acids is 2. The Balaban J connectivity index is 1.52. The molecule has 1 heterocycles. The monoisotopic (exact) mass is 398 g/mol. The van der Waals surface area contributed by atoms with Crippen molar-refractivity contribution >= 4 is 51.3 Å². The second-order valence-electron chi connectivity index (χ2n) is 5.56. The van der Waals surface area contributed by atoms with Crippen LogP contribution in [0, 0.1) is 0 Å². The lowest BCUT2D eigenvalue weighted by Crippen LogP contribution is -2.09. The van der Waals surface area contributed by atoms with Gasteiger partial charge in [-0.05, 0) is 36.4 Å². The molecule has 0 aliphatic rings. The summed E-state index contributed by atoms with van der Waals surface area (Å²) in [6.45, 7) is 1.79. The number of carbonyl (C=O) groups is 2. The van der Waals surface area contributed by atoms with Crippen LogP contribution in [0.4, 0.5) is 16.5 Å². The Hall–Kier alpha value is -2.71. The van der Waals surface area contributed by atoms with Crippen molar-refractivity contribution in [3.05, 3.63) is 60.2 Å². The first-order valence-corrected chi connectivity index (χ1v) is 10.2. The van der Waals surface area contributed by atoms with Gasteiger partial charge >= 0.3 is 0 Å². The number of ketones is 1. The summed E-state index contributed by atoms with van der Waals surface area (Å²) in [5, 5.41) is 14.8. The van der Waals surface area contributed by atoms with Gasteiger partial charge in [0.2, 0.25) is 11.0 Å². The molecule has 0 radical (unpaired) electrons. The average Bonchev–Trinajstić information content (AvgIpc) is 3.14. The Kier molecular flexibility index (Phi) is 6.56. The van der Waals surface area contributed by atoms with Crippen molar-refractivity contribution in [3.8, 4) is 0 Å². The standard InChI is InChI=1S/C19H18N4O2S2/c1-2-17(25)20-15-10-8-13(9-11-15)16(24)12-26-19-23-22-18(27-19)21-14-6-4-3-5-7-14/h3-11H,2,12H2,1H3,(H,20,25)(H,21,22). The second kappa shape index (κ2) is 9.29. The molecule has 27 heavy (non-hydrogen) atoms. The van der Waals surface area contributed by atoms with Gasteiger partial charge in [0, 0.05) is 23.4 Å². The van der Waals surface area contributed by atoms with E-state index in [1.807, 2.05) is 30.3 Å². The van der Waals surface area contributed by atoms with Gasteiger partial charge in [-0.1, -0.05) is 48.2 Å². The summed E-state index contributed by atoms with van der Waals surface area (Å²) in [5.74, 6) is 0.225. The highest BCUT2D eigenvalue weighted by Crippen LogP contribution is 2.28. The third kappa shape index (κ3) is 5.63. The number of aromatic nitrogens is 2. The molecule has 2 N–H and O–H groups in total. The lowest BCUT2D eigenvalue weighted by atomic mass is 10.1. The molecule has 3 aromatic rings. The molecule has 6 nitrogen and oxygen atoms in total. The fourth-order valence-electron chi connectivity index (χ4n) is 2.16. The van der Waals surface area contributed by atoms with Crippen molar-refractivity contribution in [1.29, 1.82) is 0 Å². The van der Waals surface area contributed by atoms with Gasteiger partial charge in [-0.25, -0.2) is 0 Å². The van der Waals surface area contributed by atoms with Crippen LogP contribution >= 0.6 is 23.1 Å². The molecular formula is C19H18N4O2S2. The summed E-state index contributed by atoms with van der Waals surface area (Å²) < 4.78 is 0.730. The summed E-state index contributed by atoms with van der Waals surface area (Å²) in [6.07, 6.45) is 0.417. The van der Waals surface area contributed by atoms with Gasteiger partial charge in [-0.15, -0.1) is 10.2 Å². The molecule has 0 atom stereocenters. The summed E-state index contributed by atoms with van der Waals surface area (Å²) in [6, 6.07) is 16.6. The minimum absolute atomic E-state index is 0.00105.